The predicted molar refractivity (Wildman–Crippen MR) is 115 cm³/mol. The fourth-order valence-electron chi connectivity index (χ4n) is 2.72. The Morgan fingerprint density at radius 3 is 2.79 bits per heavy atom. The summed E-state index contributed by atoms with van der Waals surface area (Å²) in [5.41, 5.74) is 2.92. The molecular weight excluding hydrogens is 428 g/mol. The van der Waals surface area contributed by atoms with Crippen LogP contribution in [0, 0.1) is 18.3 Å². The number of rotatable bonds is 5. The van der Waals surface area contributed by atoms with Crippen molar-refractivity contribution >= 4 is 56.7 Å². The first-order valence-electron chi connectivity index (χ1n) is 8.49. The molecule has 0 aliphatic heterocycles. The maximum absolute atomic E-state index is 12.6. The van der Waals surface area contributed by atoms with Gasteiger partial charge in [-0.2, -0.15) is 5.26 Å². The molecule has 0 bridgehead atoms. The van der Waals surface area contributed by atoms with E-state index < -0.39 is 5.91 Å². The second-order valence-electron chi connectivity index (χ2n) is 6.10. The minimum Gasteiger partial charge on any atom is -0.449 e. The van der Waals surface area contributed by atoms with E-state index in [0.717, 1.165) is 20.9 Å². The van der Waals surface area contributed by atoms with E-state index in [2.05, 4.69) is 21.6 Å². The van der Waals surface area contributed by atoms with Crippen molar-refractivity contribution in [2.75, 3.05) is 5.32 Å². The molecule has 0 unspecified atom stereocenters. The predicted octanol–water partition coefficient (Wildman–Crippen LogP) is 5.66. The molecule has 0 saturated carbocycles. The second-order valence-corrected chi connectivity index (χ2v) is 8.70. The number of carbonyl (C=O) groups excluding carboxylic acids is 1. The molecule has 2 aromatic carbocycles. The van der Waals surface area contributed by atoms with Gasteiger partial charge in [0.1, 0.15) is 0 Å². The Morgan fingerprint density at radius 1 is 1.28 bits per heavy atom. The number of fused-ring (bicyclic) bond motifs is 1. The Bertz CT molecular complexity index is 1240. The number of aryl methyl sites for hydroxylation is 1. The van der Waals surface area contributed by atoms with Crippen molar-refractivity contribution in [3.05, 3.63) is 69.9 Å². The molecule has 0 fully saturated rings. The maximum Gasteiger partial charge on any atom is 0.293 e. The Balaban J connectivity index is 1.43. The van der Waals surface area contributed by atoms with Crippen LogP contribution in [-0.4, -0.2) is 16.1 Å². The molecule has 1 N–H and O–H groups in total. The molecule has 0 atom stereocenters. The van der Waals surface area contributed by atoms with Gasteiger partial charge in [0.15, 0.2) is 15.7 Å². The van der Waals surface area contributed by atoms with Gasteiger partial charge in [0.05, 0.1) is 16.7 Å². The standard InChI is InChI=1S/C20H13ClN4O2S2/c1-11-14-3-2-4-15(21)17(14)27-16(11)18(26)23-19-24-25-20(29-19)28-10-13-7-5-12(9-22)6-8-13/h2-8H,10H2,1H3,(H,23,24,26). The van der Waals surface area contributed by atoms with Crippen molar-refractivity contribution in [3.8, 4) is 6.07 Å². The smallest absolute Gasteiger partial charge is 0.293 e. The number of hydrogen-bond acceptors (Lipinski definition) is 7. The van der Waals surface area contributed by atoms with Crippen LogP contribution in [0.3, 0.4) is 0 Å². The lowest BCUT2D eigenvalue weighted by Crippen LogP contribution is -2.11. The van der Waals surface area contributed by atoms with Crippen LogP contribution in [0.4, 0.5) is 5.13 Å². The van der Waals surface area contributed by atoms with E-state index in [9.17, 15) is 4.79 Å². The zero-order valence-electron chi connectivity index (χ0n) is 15.1. The van der Waals surface area contributed by atoms with Gasteiger partial charge < -0.3 is 4.42 Å². The molecule has 0 aliphatic carbocycles. The molecule has 4 rings (SSSR count). The van der Waals surface area contributed by atoms with Crippen molar-refractivity contribution in [1.29, 1.82) is 5.26 Å². The summed E-state index contributed by atoms with van der Waals surface area (Å²) in [6.07, 6.45) is 0. The van der Waals surface area contributed by atoms with Crippen LogP contribution in [0.25, 0.3) is 11.0 Å². The molecule has 0 spiro atoms. The number of para-hydroxylation sites is 1. The number of anilines is 1. The topological polar surface area (TPSA) is 91.8 Å². The van der Waals surface area contributed by atoms with Gasteiger partial charge in [-0.1, -0.05) is 59.0 Å². The number of carbonyl (C=O) groups is 1. The SMILES string of the molecule is Cc1c(C(=O)Nc2nnc(SCc3ccc(C#N)cc3)s2)oc2c(Cl)cccc12. The summed E-state index contributed by atoms with van der Waals surface area (Å²) in [5, 5.41) is 21.4. The third-order valence-corrected chi connectivity index (χ3v) is 6.53. The lowest BCUT2D eigenvalue weighted by molar-refractivity contribution is 0.0998. The monoisotopic (exact) mass is 440 g/mol. The minimum atomic E-state index is -0.394. The van der Waals surface area contributed by atoms with Gasteiger partial charge in [-0.05, 0) is 30.7 Å². The Kier molecular flexibility index (Phi) is 5.53. The highest BCUT2D eigenvalue weighted by atomic mass is 35.5. The summed E-state index contributed by atoms with van der Waals surface area (Å²) in [6, 6.07) is 14.9. The van der Waals surface area contributed by atoms with Crippen molar-refractivity contribution in [2.24, 2.45) is 0 Å². The Hall–Kier alpha value is -2.86. The minimum absolute atomic E-state index is 0.204. The van der Waals surface area contributed by atoms with Gasteiger partial charge in [-0.15, -0.1) is 10.2 Å². The van der Waals surface area contributed by atoms with Gasteiger partial charge in [0, 0.05) is 16.7 Å². The molecule has 0 radical (unpaired) electrons. The van der Waals surface area contributed by atoms with E-state index in [0.29, 0.717) is 27.1 Å². The largest absolute Gasteiger partial charge is 0.449 e. The average molecular weight is 441 g/mol. The summed E-state index contributed by atoms with van der Waals surface area (Å²) < 4.78 is 6.41. The van der Waals surface area contributed by atoms with Crippen LogP contribution in [-0.2, 0) is 5.75 Å². The quantitative estimate of drug-likeness (QED) is 0.318. The summed E-state index contributed by atoms with van der Waals surface area (Å²) in [7, 11) is 0. The highest BCUT2D eigenvalue weighted by molar-refractivity contribution is 8.00. The molecule has 0 aliphatic rings. The first-order valence-corrected chi connectivity index (χ1v) is 10.7. The Morgan fingerprint density at radius 2 is 2.07 bits per heavy atom. The van der Waals surface area contributed by atoms with Crippen molar-refractivity contribution in [2.45, 2.75) is 17.0 Å². The lowest BCUT2D eigenvalue weighted by atomic mass is 10.1. The number of benzene rings is 2. The summed E-state index contributed by atoms with van der Waals surface area (Å²) in [5.74, 6) is 0.500. The number of nitrogens with one attached hydrogen (secondary N) is 1. The zero-order valence-corrected chi connectivity index (χ0v) is 17.5. The van der Waals surface area contributed by atoms with Gasteiger partial charge >= 0.3 is 0 Å². The lowest BCUT2D eigenvalue weighted by Gasteiger charge is -1.99. The zero-order chi connectivity index (χ0) is 20.4. The third kappa shape index (κ3) is 4.12. The molecule has 144 valence electrons. The second kappa shape index (κ2) is 8.25. The number of halogens is 1. The van der Waals surface area contributed by atoms with Gasteiger partial charge in [-0.25, -0.2) is 0 Å². The molecule has 29 heavy (non-hydrogen) atoms. The number of thioether (sulfide) groups is 1. The molecule has 0 saturated heterocycles. The first kappa shape index (κ1) is 19.5. The number of amides is 1. The molecular formula is C20H13ClN4O2S2. The van der Waals surface area contributed by atoms with Crippen LogP contribution in [0.1, 0.15) is 27.2 Å². The first-order chi connectivity index (χ1) is 14.0. The number of aromatic nitrogens is 2. The van der Waals surface area contributed by atoms with E-state index in [1.807, 2.05) is 31.2 Å². The highest BCUT2D eigenvalue weighted by Gasteiger charge is 2.20. The van der Waals surface area contributed by atoms with Crippen LogP contribution in [0.15, 0.2) is 51.2 Å². The van der Waals surface area contributed by atoms with Gasteiger partial charge in [0.2, 0.25) is 5.13 Å². The maximum atomic E-state index is 12.6. The van der Waals surface area contributed by atoms with E-state index >= 15 is 0 Å². The average Bonchev–Trinajstić information content (AvgIpc) is 3.32. The molecule has 4 aromatic rings. The molecule has 2 aromatic heterocycles. The molecule has 6 nitrogen and oxygen atoms in total. The summed E-state index contributed by atoms with van der Waals surface area (Å²) in [4.78, 5) is 12.6. The summed E-state index contributed by atoms with van der Waals surface area (Å²) >= 11 is 8.95. The van der Waals surface area contributed by atoms with E-state index in [-0.39, 0.29) is 5.76 Å². The van der Waals surface area contributed by atoms with Gasteiger partial charge in [0.25, 0.3) is 5.91 Å². The summed E-state index contributed by atoms with van der Waals surface area (Å²) in [6.45, 7) is 1.82. The number of nitriles is 1. The number of hydrogen-bond donors (Lipinski definition) is 1. The van der Waals surface area contributed by atoms with Crippen molar-refractivity contribution < 1.29 is 9.21 Å². The highest BCUT2D eigenvalue weighted by Crippen LogP contribution is 2.32. The van der Waals surface area contributed by atoms with Gasteiger partial charge in [-0.3, -0.25) is 10.1 Å². The van der Waals surface area contributed by atoms with E-state index in [4.69, 9.17) is 21.3 Å². The third-order valence-electron chi connectivity index (χ3n) is 4.19. The normalized spacial score (nSPS) is 10.8. The van der Waals surface area contributed by atoms with Crippen molar-refractivity contribution in [3.63, 3.8) is 0 Å². The number of nitrogens with zero attached hydrogens (tertiary/aromatic N) is 3. The van der Waals surface area contributed by atoms with E-state index in [1.54, 1.807) is 18.2 Å². The van der Waals surface area contributed by atoms with E-state index in [1.165, 1.54) is 23.1 Å². The van der Waals surface area contributed by atoms with Crippen LogP contribution in [0.2, 0.25) is 5.02 Å². The Labute approximate surface area is 179 Å². The molecule has 2 heterocycles. The number of furan rings is 1. The fourth-order valence-corrected chi connectivity index (χ4v) is 4.63. The van der Waals surface area contributed by atoms with Crippen molar-refractivity contribution in [1.82, 2.24) is 10.2 Å². The fraction of sp³-hybridized carbons (Fsp3) is 0.100. The van der Waals surface area contributed by atoms with Crippen LogP contribution in [0.5, 0.6) is 0 Å². The van der Waals surface area contributed by atoms with Crippen LogP contribution >= 0.6 is 34.7 Å². The molecule has 1 amide bonds. The van der Waals surface area contributed by atoms with Crippen LogP contribution < -0.4 is 5.32 Å². The molecule has 9 heteroatoms.